The number of methoxy groups -OCH3 is 1. The highest BCUT2D eigenvalue weighted by Gasteiger charge is 2.33. The van der Waals surface area contributed by atoms with Gasteiger partial charge in [0.25, 0.3) is 11.8 Å². The van der Waals surface area contributed by atoms with E-state index in [0.29, 0.717) is 28.6 Å². The van der Waals surface area contributed by atoms with Gasteiger partial charge in [0.1, 0.15) is 6.61 Å². The van der Waals surface area contributed by atoms with Crippen LogP contribution in [0, 0.1) is 0 Å². The summed E-state index contributed by atoms with van der Waals surface area (Å²) in [4.78, 5) is 25.9. The molecule has 1 saturated heterocycles. The molecule has 6 nitrogen and oxygen atoms in total. The monoisotopic (exact) mass is 610 g/mol. The van der Waals surface area contributed by atoms with Gasteiger partial charge in [-0.25, -0.2) is 0 Å². The number of hydrogen-bond donors (Lipinski definition) is 1. The molecule has 0 saturated carbocycles. The van der Waals surface area contributed by atoms with Crippen molar-refractivity contribution in [1.29, 1.82) is 0 Å². The molecule has 0 atom stereocenters. The minimum absolute atomic E-state index is 0.0951. The number of hydrazine groups is 1. The number of thioether (sulfide) groups is 1. The Morgan fingerprint density at radius 1 is 1.05 bits per heavy atom. The van der Waals surface area contributed by atoms with Gasteiger partial charge in [-0.15, -0.1) is 0 Å². The topological polar surface area (TPSA) is 67.9 Å². The average molecular weight is 612 g/mol. The molecule has 1 N–H and O–H groups in total. The van der Waals surface area contributed by atoms with E-state index < -0.39 is 11.8 Å². The highest BCUT2D eigenvalue weighted by Crippen LogP contribution is 2.34. The molecule has 3 aromatic carbocycles. The first-order valence-corrected chi connectivity index (χ1v) is 13.8. The Kier molecular flexibility index (Phi) is 8.60. The lowest BCUT2D eigenvalue weighted by molar-refractivity contribution is -0.123. The molecular weight excluding hydrogens is 584 g/mol. The Morgan fingerprint density at radius 3 is 2.37 bits per heavy atom. The number of thiocarbonyl (C=S) groups is 1. The lowest BCUT2D eigenvalue weighted by atomic mass is 9.87. The summed E-state index contributed by atoms with van der Waals surface area (Å²) in [5.41, 5.74) is 6.15. The molecule has 196 valence electrons. The molecule has 1 aliphatic rings. The zero-order chi connectivity index (χ0) is 27.4. The van der Waals surface area contributed by atoms with Crippen LogP contribution in [0.15, 0.2) is 76.1 Å². The van der Waals surface area contributed by atoms with Gasteiger partial charge in [0.2, 0.25) is 0 Å². The molecule has 0 bridgehead atoms. The van der Waals surface area contributed by atoms with Crippen molar-refractivity contribution in [2.24, 2.45) is 0 Å². The fourth-order valence-electron chi connectivity index (χ4n) is 3.64. The third-order valence-electron chi connectivity index (χ3n) is 5.81. The third kappa shape index (κ3) is 6.64. The van der Waals surface area contributed by atoms with Crippen molar-refractivity contribution >= 4 is 62.1 Å². The molecule has 0 spiro atoms. The van der Waals surface area contributed by atoms with Crippen LogP contribution in [-0.4, -0.2) is 28.3 Å². The van der Waals surface area contributed by atoms with Crippen molar-refractivity contribution in [3.05, 3.63) is 98.4 Å². The van der Waals surface area contributed by atoms with Gasteiger partial charge < -0.3 is 9.47 Å². The van der Waals surface area contributed by atoms with E-state index in [9.17, 15) is 9.59 Å². The number of carbonyl (C=O) groups excluding carboxylic acids is 2. The van der Waals surface area contributed by atoms with Crippen molar-refractivity contribution in [1.82, 2.24) is 10.4 Å². The van der Waals surface area contributed by atoms with Crippen molar-refractivity contribution in [2.45, 2.75) is 32.8 Å². The van der Waals surface area contributed by atoms with E-state index in [1.807, 2.05) is 12.1 Å². The number of hydrogen-bond acceptors (Lipinski definition) is 6. The summed E-state index contributed by atoms with van der Waals surface area (Å²) in [7, 11) is 1.57. The standard InChI is InChI=1S/C29H27BrN2O4S2/c1-29(2,3)21-10-5-18(6-11-21)17-36-23-14-7-19(15-24(23)35-4)16-25-27(34)32(28(37)38-25)31-26(33)20-8-12-22(30)13-9-20/h5-16H,17H2,1-4H3,(H,31,33)/b25-16+. The van der Waals surface area contributed by atoms with Crippen LogP contribution in [0.5, 0.6) is 11.5 Å². The zero-order valence-electron chi connectivity index (χ0n) is 21.4. The lowest BCUT2D eigenvalue weighted by Crippen LogP contribution is -2.44. The summed E-state index contributed by atoms with van der Waals surface area (Å²) < 4.78 is 12.7. The number of rotatable bonds is 7. The average Bonchev–Trinajstić information content (AvgIpc) is 3.15. The Labute approximate surface area is 240 Å². The smallest absolute Gasteiger partial charge is 0.285 e. The second kappa shape index (κ2) is 11.7. The Morgan fingerprint density at radius 2 is 1.74 bits per heavy atom. The maximum Gasteiger partial charge on any atom is 0.285 e. The van der Waals surface area contributed by atoms with E-state index >= 15 is 0 Å². The predicted molar refractivity (Wildman–Crippen MR) is 159 cm³/mol. The summed E-state index contributed by atoms with van der Waals surface area (Å²) in [5, 5.41) is 1.09. The van der Waals surface area contributed by atoms with E-state index in [-0.39, 0.29) is 9.74 Å². The first-order chi connectivity index (χ1) is 18.0. The van der Waals surface area contributed by atoms with Crippen molar-refractivity contribution in [3.63, 3.8) is 0 Å². The highest BCUT2D eigenvalue weighted by molar-refractivity contribution is 9.10. The zero-order valence-corrected chi connectivity index (χ0v) is 24.6. The summed E-state index contributed by atoms with van der Waals surface area (Å²) in [6.45, 7) is 6.95. The van der Waals surface area contributed by atoms with Crippen LogP contribution in [0.4, 0.5) is 0 Å². The van der Waals surface area contributed by atoms with Crippen molar-refractivity contribution in [2.75, 3.05) is 7.11 Å². The first kappa shape index (κ1) is 27.9. The van der Waals surface area contributed by atoms with Gasteiger partial charge in [-0.2, -0.15) is 5.01 Å². The summed E-state index contributed by atoms with van der Waals surface area (Å²) in [6.07, 6.45) is 1.71. The van der Waals surface area contributed by atoms with Gasteiger partial charge in [0.05, 0.1) is 12.0 Å². The Bertz CT molecular complexity index is 1400. The predicted octanol–water partition coefficient (Wildman–Crippen LogP) is 6.88. The van der Waals surface area contributed by atoms with Crippen LogP contribution in [0.2, 0.25) is 0 Å². The highest BCUT2D eigenvalue weighted by atomic mass is 79.9. The molecule has 0 unspecified atom stereocenters. The molecular formula is C29H27BrN2O4S2. The first-order valence-electron chi connectivity index (χ1n) is 11.8. The molecule has 0 aliphatic carbocycles. The second-order valence-corrected chi connectivity index (χ2v) is 12.2. The number of halogens is 1. The van der Waals surface area contributed by atoms with Crippen LogP contribution in [0.1, 0.15) is 47.8 Å². The number of nitrogens with zero attached hydrogens (tertiary/aromatic N) is 1. The molecule has 1 fully saturated rings. The Balaban J connectivity index is 1.44. The SMILES string of the molecule is COc1cc(/C=C2/SC(=S)N(NC(=O)c3ccc(Br)cc3)C2=O)ccc1OCc1ccc(C(C)(C)C)cc1. The summed E-state index contributed by atoms with van der Waals surface area (Å²) >= 11 is 9.80. The van der Waals surface area contributed by atoms with Gasteiger partial charge in [0.15, 0.2) is 15.8 Å². The maximum atomic E-state index is 13.0. The molecule has 38 heavy (non-hydrogen) atoms. The summed E-state index contributed by atoms with van der Waals surface area (Å²) in [6, 6.07) is 20.6. The van der Waals surface area contributed by atoms with Gasteiger partial charge in [-0.3, -0.25) is 15.0 Å². The van der Waals surface area contributed by atoms with Crippen molar-refractivity contribution in [3.8, 4) is 11.5 Å². The minimum atomic E-state index is -0.425. The fourth-order valence-corrected chi connectivity index (χ4v) is 5.08. The number of carbonyl (C=O) groups is 2. The molecule has 1 aliphatic heterocycles. The van der Waals surface area contributed by atoms with Crippen LogP contribution >= 0.6 is 39.9 Å². The molecule has 0 aromatic heterocycles. The van der Waals surface area contributed by atoms with Crippen LogP contribution < -0.4 is 14.9 Å². The molecule has 9 heteroatoms. The number of ether oxygens (including phenoxy) is 2. The van der Waals surface area contributed by atoms with E-state index in [1.54, 1.807) is 43.5 Å². The fraction of sp³-hybridized carbons (Fsp3) is 0.207. The second-order valence-electron chi connectivity index (χ2n) is 9.61. The minimum Gasteiger partial charge on any atom is -0.493 e. The van der Waals surface area contributed by atoms with Gasteiger partial charge >= 0.3 is 0 Å². The van der Waals surface area contributed by atoms with Gasteiger partial charge in [-0.05, 0) is 76.8 Å². The van der Waals surface area contributed by atoms with Crippen LogP contribution in [-0.2, 0) is 16.8 Å². The van der Waals surface area contributed by atoms with Crippen LogP contribution in [0.3, 0.4) is 0 Å². The molecule has 3 aromatic rings. The van der Waals surface area contributed by atoms with E-state index in [2.05, 4.69) is 66.4 Å². The van der Waals surface area contributed by atoms with E-state index in [4.69, 9.17) is 21.7 Å². The maximum absolute atomic E-state index is 13.0. The number of amides is 2. The van der Waals surface area contributed by atoms with E-state index in [1.165, 1.54) is 5.56 Å². The quantitative estimate of drug-likeness (QED) is 0.232. The third-order valence-corrected chi connectivity index (χ3v) is 7.64. The van der Waals surface area contributed by atoms with Crippen LogP contribution in [0.25, 0.3) is 6.08 Å². The normalized spacial score (nSPS) is 14.7. The largest absolute Gasteiger partial charge is 0.493 e. The number of nitrogens with one attached hydrogen (secondary N) is 1. The van der Waals surface area contributed by atoms with E-state index in [0.717, 1.165) is 32.4 Å². The van der Waals surface area contributed by atoms with Crippen molar-refractivity contribution < 1.29 is 19.1 Å². The Hall–Kier alpha value is -3.14. The van der Waals surface area contributed by atoms with Gasteiger partial charge in [-0.1, -0.05) is 78.8 Å². The lowest BCUT2D eigenvalue weighted by Gasteiger charge is -2.19. The van der Waals surface area contributed by atoms with Gasteiger partial charge in [0, 0.05) is 10.0 Å². The molecule has 1 heterocycles. The summed E-state index contributed by atoms with van der Waals surface area (Å²) in [5.74, 6) is 0.317. The molecule has 4 rings (SSSR count). The molecule has 2 amide bonds. The number of benzene rings is 3. The molecule has 0 radical (unpaired) electrons.